The molecule has 0 aliphatic carbocycles. The van der Waals surface area contributed by atoms with Crippen LogP contribution in [-0.2, 0) is 15.6 Å². The molecule has 0 aromatic heterocycles. The fourth-order valence-corrected chi connectivity index (χ4v) is 7.43. The highest BCUT2D eigenvalue weighted by atomic mass is 35.5. The van der Waals surface area contributed by atoms with Crippen molar-refractivity contribution < 1.29 is 8.42 Å². The van der Waals surface area contributed by atoms with Crippen LogP contribution in [0.3, 0.4) is 0 Å². The molecule has 2 aromatic carbocycles. The first-order chi connectivity index (χ1) is 13.2. The second-order valence-electron chi connectivity index (χ2n) is 6.65. The lowest BCUT2D eigenvalue weighted by Gasteiger charge is -2.27. The van der Waals surface area contributed by atoms with Gasteiger partial charge in [-0.3, -0.25) is 4.99 Å². The van der Waals surface area contributed by atoms with Crippen LogP contribution in [0.25, 0.3) is 0 Å². The van der Waals surface area contributed by atoms with E-state index in [0.29, 0.717) is 25.8 Å². The first-order valence-electron chi connectivity index (χ1n) is 8.32. The van der Waals surface area contributed by atoms with Crippen LogP contribution in [0.5, 0.6) is 0 Å². The van der Waals surface area contributed by atoms with E-state index < -0.39 is 9.84 Å². The highest BCUT2D eigenvalue weighted by Gasteiger charge is 2.47. The highest BCUT2D eigenvalue weighted by molar-refractivity contribution is 8.13. The molecular formula is C18H14Cl4N2O2S2. The topological polar surface area (TPSA) is 49.7 Å². The number of fused-ring (bicyclic) bond motifs is 1. The van der Waals surface area contributed by atoms with Gasteiger partial charge in [-0.25, -0.2) is 8.42 Å². The van der Waals surface area contributed by atoms with Crippen LogP contribution in [0.15, 0.2) is 41.4 Å². The molecular weight excluding hydrogens is 482 g/mol. The van der Waals surface area contributed by atoms with Gasteiger partial charge in [-0.15, -0.1) is 0 Å². The van der Waals surface area contributed by atoms with Crippen molar-refractivity contribution in [2.24, 2.45) is 4.99 Å². The average molecular weight is 496 g/mol. The molecule has 28 heavy (non-hydrogen) atoms. The zero-order chi connectivity index (χ0) is 20.1. The largest absolute Gasteiger partial charge is 0.315 e. The number of nitrogens with zero attached hydrogens (tertiary/aromatic N) is 2. The smallest absolute Gasteiger partial charge is 0.164 e. The molecule has 10 heteroatoms. The van der Waals surface area contributed by atoms with E-state index in [4.69, 9.17) is 51.4 Å². The molecule has 0 saturated carbocycles. The number of thioether (sulfide) groups is 1. The molecule has 1 fully saturated rings. The highest BCUT2D eigenvalue weighted by Crippen LogP contribution is 2.38. The number of aliphatic imine (C=N–C) groups is 1. The number of rotatable bonds is 3. The SMILES string of the molecule is O=S1(=O)C[C@H]2N=C(SCc3ccc(Cl)cc3Cl)N(c3cc(Cl)cc(Cl)c3)[C@H]2C1. The first kappa shape index (κ1) is 20.6. The third-order valence-electron chi connectivity index (χ3n) is 4.60. The van der Waals surface area contributed by atoms with Crippen LogP contribution >= 0.6 is 58.2 Å². The maximum atomic E-state index is 12.1. The van der Waals surface area contributed by atoms with Crippen molar-refractivity contribution in [2.45, 2.75) is 17.8 Å². The molecule has 2 aromatic rings. The van der Waals surface area contributed by atoms with E-state index in [1.165, 1.54) is 11.8 Å². The molecule has 0 spiro atoms. The summed E-state index contributed by atoms with van der Waals surface area (Å²) in [7, 11) is -3.13. The third-order valence-corrected chi connectivity index (χ3v) is 8.34. The maximum Gasteiger partial charge on any atom is 0.164 e. The Labute approximate surface area is 187 Å². The standard InChI is InChI=1S/C18H14Cl4N2O2S2/c19-11-2-1-10(15(22)6-11)7-27-18-23-16-8-28(25,26)9-17(16)24(18)14-4-12(20)3-13(21)5-14/h1-6,16-17H,7-9H2/t16-,17+/m1/s1. The Morgan fingerprint density at radius 1 is 1.00 bits per heavy atom. The summed E-state index contributed by atoms with van der Waals surface area (Å²) in [6.45, 7) is 0. The molecule has 0 unspecified atom stereocenters. The number of hydrogen-bond donors (Lipinski definition) is 0. The summed E-state index contributed by atoms with van der Waals surface area (Å²) >= 11 is 26.1. The number of anilines is 1. The zero-order valence-corrected chi connectivity index (χ0v) is 18.9. The number of halogens is 4. The van der Waals surface area contributed by atoms with Gasteiger partial charge in [-0.2, -0.15) is 0 Å². The van der Waals surface area contributed by atoms with E-state index in [2.05, 4.69) is 0 Å². The minimum atomic E-state index is -3.13. The molecule has 2 heterocycles. The Bertz CT molecular complexity index is 1060. The Morgan fingerprint density at radius 3 is 2.39 bits per heavy atom. The number of hydrogen-bond acceptors (Lipinski definition) is 5. The lowest BCUT2D eigenvalue weighted by molar-refractivity contribution is 0.601. The van der Waals surface area contributed by atoms with Gasteiger partial charge in [0.05, 0.1) is 23.6 Å². The third kappa shape index (κ3) is 4.27. The van der Waals surface area contributed by atoms with Crippen molar-refractivity contribution in [3.63, 3.8) is 0 Å². The second-order valence-corrected chi connectivity index (χ2v) is 11.5. The predicted octanol–water partition coefficient (Wildman–Crippen LogP) is 5.58. The predicted molar refractivity (Wildman–Crippen MR) is 120 cm³/mol. The van der Waals surface area contributed by atoms with Crippen LogP contribution in [0.1, 0.15) is 5.56 Å². The van der Waals surface area contributed by atoms with Crippen molar-refractivity contribution in [3.05, 3.63) is 62.1 Å². The van der Waals surface area contributed by atoms with Gasteiger partial charge < -0.3 is 4.90 Å². The summed E-state index contributed by atoms with van der Waals surface area (Å²) in [6.07, 6.45) is 0. The van der Waals surface area contributed by atoms with Crippen molar-refractivity contribution in [3.8, 4) is 0 Å². The number of amidine groups is 1. The monoisotopic (exact) mass is 494 g/mol. The van der Waals surface area contributed by atoms with E-state index in [-0.39, 0.29) is 23.6 Å². The summed E-state index contributed by atoms with van der Waals surface area (Å²) in [6, 6.07) is 9.98. The fourth-order valence-electron chi connectivity index (χ4n) is 3.39. The summed E-state index contributed by atoms with van der Waals surface area (Å²) in [5.41, 5.74) is 1.66. The van der Waals surface area contributed by atoms with E-state index in [9.17, 15) is 8.42 Å². The average Bonchev–Trinajstić information content (AvgIpc) is 3.04. The van der Waals surface area contributed by atoms with E-state index >= 15 is 0 Å². The minimum absolute atomic E-state index is 0.0498. The molecule has 0 amide bonds. The Hall–Kier alpha value is -0.630. The minimum Gasteiger partial charge on any atom is -0.315 e. The summed E-state index contributed by atoms with van der Waals surface area (Å²) in [5.74, 6) is 0.678. The Balaban J connectivity index is 1.65. The zero-order valence-electron chi connectivity index (χ0n) is 14.3. The van der Waals surface area contributed by atoms with Gasteiger partial charge in [0.25, 0.3) is 0 Å². The van der Waals surface area contributed by atoms with Crippen molar-refractivity contribution in [1.82, 2.24) is 0 Å². The number of benzene rings is 2. The van der Waals surface area contributed by atoms with Gasteiger partial charge in [0, 0.05) is 31.5 Å². The Kier molecular flexibility index (Phi) is 5.82. The van der Waals surface area contributed by atoms with Crippen molar-refractivity contribution >= 4 is 78.9 Å². The summed E-state index contributed by atoms with van der Waals surface area (Å²) in [5, 5.41) is 2.86. The molecule has 148 valence electrons. The summed E-state index contributed by atoms with van der Waals surface area (Å²) < 4.78 is 24.3. The van der Waals surface area contributed by atoms with Gasteiger partial charge >= 0.3 is 0 Å². The molecule has 0 N–H and O–H groups in total. The first-order valence-corrected chi connectivity index (χ1v) is 12.6. The van der Waals surface area contributed by atoms with Crippen LogP contribution in [0.2, 0.25) is 20.1 Å². The van der Waals surface area contributed by atoms with Crippen LogP contribution in [-0.4, -0.2) is 37.2 Å². The molecule has 0 bridgehead atoms. The molecule has 2 aliphatic heterocycles. The molecule has 2 atom stereocenters. The van der Waals surface area contributed by atoms with E-state index in [1.54, 1.807) is 30.3 Å². The molecule has 1 saturated heterocycles. The quantitative estimate of drug-likeness (QED) is 0.558. The van der Waals surface area contributed by atoms with Gasteiger partial charge in [-0.1, -0.05) is 64.2 Å². The Morgan fingerprint density at radius 2 is 1.71 bits per heavy atom. The normalized spacial score (nSPS) is 23.0. The fraction of sp³-hybridized carbons (Fsp3) is 0.278. The number of sulfone groups is 1. The molecule has 4 rings (SSSR count). The van der Waals surface area contributed by atoms with Gasteiger partial charge in [0.1, 0.15) is 0 Å². The van der Waals surface area contributed by atoms with Gasteiger partial charge in [-0.05, 0) is 35.9 Å². The van der Waals surface area contributed by atoms with Crippen LogP contribution < -0.4 is 4.90 Å². The molecule has 4 nitrogen and oxygen atoms in total. The van der Waals surface area contributed by atoms with Crippen LogP contribution in [0.4, 0.5) is 5.69 Å². The maximum absolute atomic E-state index is 12.1. The van der Waals surface area contributed by atoms with Gasteiger partial charge in [0.15, 0.2) is 15.0 Å². The molecule has 2 aliphatic rings. The van der Waals surface area contributed by atoms with Crippen LogP contribution in [0, 0.1) is 0 Å². The van der Waals surface area contributed by atoms with Crippen molar-refractivity contribution in [1.29, 1.82) is 0 Å². The van der Waals surface area contributed by atoms with Crippen molar-refractivity contribution in [2.75, 3.05) is 16.4 Å². The molecule has 0 radical (unpaired) electrons. The van der Waals surface area contributed by atoms with Gasteiger partial charge in [0.2, 0.25) is 0 Å². The van der Waals surface area contributed by atoms with E-state index in [0.717, 1.165) is 16.4 Å². The van der Waals surface area contributed by atoms with E-state index in [1.807, 2.05) is 11.0 Å². The lowest BCUT2D eigenvalue weighted by Crippen LogP contribution is -2.39. The summed E-state index contributed by atoms with van der Waals surface area (Å²) in [4.78, 5) is 6.63. The second kappa shape index (κ2) is 7.89. The lowest BCUT2D eigenvalue weighted by atomic mass is 10.1.